The van der Waals surface area contributed by atoms with Crippen LogP contribution in [0.3, 0.4) is 0 Å². The number of hydrogen-bond acceptors (Lipinski definition) is 7. The van der Waals surface area contributed by atoms with E-state index in [1.54, 1.807) is 12.1 Å². The highest BCUT2D eigenvalue weighted by Gasteiger charge is 2.22. The number of fused-ring (bicyclic) bond motifs is 1. The molecule has 3 rings (SSSR count). The van der Waals surface area contributed by atoms with Crippen molar-refractivity contribution in [2.75, 3.05) is 14.2 Å². The summed E-state index contributed by atoms with van der Waals surface area (Å²) in [4.78, 5) is 35.2. The summed E-state index contributed by atoms with van der Waals surface area (Å²) in [5, 5.41) is 11.0. The smallest absolute Gasteiger partial charge is 0.345 e. The molecule has 0 aliphatic carbocycles. The Labute approximate surface area is 153 Å². The second-order valence-corrected chi connectivity index (χ2v) is 5.68. The van der Waals surface area contributed by atoms with Crippen LogP contribution in [-0.2, 0) is 11.2 Å². The van der Waals surface area contributed by atoms with Gasteiger partial charge in [0.15, 0.2) is 0 Å². The number of nitro benzene ring substituents is 1. The molecule has 0 bridgehead atoms. The van der Waals surface area contributed by atoms with Crippen LogP contribution in [0, 0.1) is 10.1 Å². The van der Waals surface area contributed by atoms with E-state index in [-0.39, 0.29) is 34.4 Å². The highest BCUT2D eigenvalue weighted by Crippen LogP contribution is 2.24. The molecule has 0 saturated carbocycles. The van der Waals surface area contributed by atoms with Gasteiger partial charge in [-0.3, -0.25) is 14.9 Å². The van der Waals surface area contributed by atoms with E-state index in [4.69, 9.17) is 13.9 Å². The lowest BCUT2D eigenvalue weighted by Gasteiger charge is -2.09. The van der Waals surface area contributed by atoms with Crippen molar-refractivity contribution in [3.05, 3.63) is 79.7 Å². The van der Waals surface area contributed by atoms with Crippen molar-refractivity contribution >= 4 is 22.6 Å². The Morgan fingerprint density at radius 1 is 1.15 bits per heavy atom. The molecule has 0 saturated heterocycles. The fourth-order valence-electron chi connectivity index (χ4n) is 2.70. The van der Waals surface area contributed by atoms with Crippen LogP contribution in [0.15, 0.2) is 51.7 Å². The van der Waals surface area contributed by atoms with Gasteiger partial charge in [-0.2, -0.15) is 0 Å². The van der Waals surface area contributed by atoms with E-state index in [2.05, 4.69) is 0 Å². The number of carbonyl (C=O) groups excluding carboxylic acids is 1. The van der Waals surface area contributed by atoms with Gasteiger partial charge in [0.2, 0.25) is 5.43 Å². The second-order valence-electron chi connectivity index (χ2n) is 5.68. The van der Waals surface area contributed by atoms with Gasteiger partial charge >= 0.3 is 5.97 Å². The molecule has 138 valence electrons. The highest BCUT2D eigenvalue weighted by molar-refractivity contribution is 5.94. The summed E-state index contributed by atoms with van der Waals surface area (Å²) in [6, 6.07) is 10.4. The number of non-ortho nitro benzene ring substituents is 1. The van der Waals surface area contributed by atoms with Crippen molar-refractivity contribution in [2.24, 2.45) is 0 Å². The Morgan fingerprint density at radius 2 is 1.85 bits per heavy atom. The summed E-state index contributed by atoms with van der Waals surface area (Å²) in [6.07, 6.45) is 0.0881. The molecule has 0 unspecified atom stereocenters. The van der Waals surface area contributed by atoms with Crippen LogP contribution in [0.25, 0.3) is 11.0 Å². The van der Waals surface area contributed by atoms with E-state index in [1.807, 2.05) is 0 Å². The zero-order valence-corrected chi connectivity index (χ0v) is 14.6. The van der Waals surface area contributed by atoms with Crippen molar-refractivity contribution in [3.63, 3.8) is 0 Å². The van der Waals surface area contributed by atoms with Crippen LogP contribution >= 0.6 is 0 Å². The molecule has 0 radical (unpaired) electrons. The van der Waals surface area contributed by atoms with Gasteiger partial charge in [-0.15, -0.1) is 0 Å². The van der Waals surface area contributed by atoms with Crippen molar-refractivity contribution in [1.82, 2.24) is 0 Å². The quantitative estimate of drug-likeness (QED) is 0.386. The third-order valence-corrected chi connectivity index (χ3v) is 4.07. The van der Waals surface area contributed by atoms with E-state index in [0.29, 0.717) is 11.3 Å². The van der Waals surface area contributed by atoms with Crippen LogP contribution in [-0.4, -0.2) is 25.1 Å². The molecule has 0 spiro atoms. The molecular formula is C19H15NO7. The molecule has 0 fully saturated rings. The molecule has 8 heteroatoms. The number of methoxy groups -OCH3 is 2. The average molecular weight is 369 g/mol. The van der Waals surface area contributed by atoms with Gasteiger partial charge < -0.3 is 13.9 Å². The van der Waals surface area contributed by atoms with Gasteiger partial charge in [-0.1, -0.05) is 12.1 Å². The van der Waals surface area contributed by atoms with Gasteiger partial charge in [0, 0.05) is 24.6 Å². The van der Waals surface area contributed by atoms with E-state index in [9.17, 15) is 19.7 Å². The Bertz CT molecular complexity index is 1080. The largest absolute Gasteiger partial charge is 0.497 e. The van der Waals surface area contributed by atoms with Crippen molar-refractivity contribution in [2.45, 2.75) is 6.42 Å². The molecule has 1 heterocycles. The molecule has 0 N–H and O–H groups in total. The SMILES string of the molecule is COC(=O)c1c(Cc2ccc([N+](=O)[O-])cc2)oc2cc(OC)ccc2c1=O. The van der Waals surface area contributed by atoms with Crippen molar-refractivity contribution in [3.8, 4) is 5.75 Å². The van der Waals surface area contributed by atoms with Crippen LogP contribution < -0.4 is 10.2 Å². The zero-order chi connectivity index (χ0) is 19.6. The Balaban J connectivity index is 2.15. The zero-order valence-electron chi connectivity index (χ0n) is 14.6. The number of benzene rings is 2. The summed E-state index contributed by atoms with van der Waals surface area (Å²) < 4.78 is 15.7. The Hall–Kier alpha value is -3.68. The summed E-state index contributed by atoms with van der Waals surface area (Å²) in [5.74, 6) is -0.197. The van der Waals surface area contributed by atoms with Crippen LogP contribution in [0.4, 0.5) is 5.69 Å². The van der Waals surface area contributed by atoms with Crippen molar-refractivity contribution < 1.29 is 23.6 Å². The predicted molar refractivity (Wildman–Crippen MR) is 96.3 cm³/mol. The van der Waals surface area contributed by atoms with Crippen LogP contribution in [0.2, 0.25) is 0 Å². The minimum atomic E-state index is -0.807. The first kappa shape index (κ1) is 18.1. The third-order valence-electron chi connectivity index (χ3n) is 4.07. The summed E-state index contributed by atoms with van der Waals surface area (Å²) in [6.45, 7) is 0. The number of hydrogen-bond donors (Lipinski definition) is 0. The minimum Gasteiger partial charge on any atom is -0.497 e. The number of carbonyl (C=O) groups is 1. The molecule has 27 heavy (non-hydrogen) atoms. The summed E-state index contributed by atoms with van der Waals surface area (Å²) in [5.41, 5.74) is 0.132. The molecule has 8 nitrogen and oxygen atoms in total. The van der Waals surface area contributed by atoms with E-state index in [1.165, 1.54) is 44.6 Å². The standard InChI is InChI=1S/C19H15NO7/c1-25-13-7-8-14-15(10-13)27-16(17(18(14)21)19(22)26-2)9-11-3-5-12(6-4-11)20(23)24/h3-8,10H,9H2,1-2H3. The average Bonchev–Trinajstić information content (AvgIpc) is 2.67. The third kappa shape index (κ3) is 3.50. The van der Waals surface area contributed by atoms with E-state index in [0.717, 1.165) is 0 Å². The molecule has 0 aliphatic heterocycles. The molecule has 2 aromatic carbocycles. The second kappa shape index (κ2) is 7.28. The normalized spacial score (nSPS) is 10.6. The molecule has 3 aromatic rings. The van der Waals surface area contributed by atoms with Crippen molar-refractivity contribution in [1.29, 1.82) is 0 Å². The maximum absolute atomic E-state index is 12.8. The van der Waals surface area contributed by atoms with Crippen LogP contribution in [0.5, 0.6) is 5.75 Å². The first-order valence-corrected chi connectivity index (χ1v) is 7.90. The lowest BCUT2D eigenvalue weighted by atomic mass is 10.0. The molecule has 0 amide bonds. The predicted octanol–water partition coefficient (Wildman–Crippen LogP) is 3.09. The van der Waals surface area contributed by atoms with Gasteiger partial charge in [0.05, 0.1) is 24.5 Å². The first-order valence-electron chi connectivity index (χ1n) is 7.90. The maximum atomic E-state index is 12.8. The van der Waals surface area contributed by atoms with E-state index >= 15 is 0 Å². The number of nitro groups is 1. The fourth-order valence-corrected chi connectivity index (χ4v) is 2.70. The Kier molecular flexibility index (Phi) is 4.89. The number of ether oxygens (including phenoxy) is 2. The molecule has 1 aromatic heterocycles. The molecule has 0 aliphatic rings. The van der Waals surface area contributed by atoms with Gasteiger partial charge in [0.1, 0.15) is 22.7 Å². The summed E-state index contributed by atoms with van der Waals surface area (Å²) >= 11 is 0. The topological polar surface area (TPSA) is 109 Å². The van der Waals surface area contributed by atoms with E-state index < -0.39 is 16.3 Å². The summed E-state index contributed by atoms with van der Waals surface area (Å²) in [7, 11) is 2.66. The molecular weight excluding hydrogens is 354 g/mol. The lowest BCUT2D eigenvalue weighted by Crippen LogP contribution is -2.20. The first-order chi connectivity index (χ1) is 12.9. The van der Waals surface area contributed by atoms with Gasteiger partial charge in [-0.25, -0.2) is 4.79 Å². The Morgan fingerprint density at radius 3 is 2.44 bits per heavy atom. The highest BCUT2D eigenvalue weighted by atomic mass is 16.6. The molecule has 0 atom stereocenters. The fraction of sp³-hybridized carbons (Fsp3) is 0.158. The van der Waals surface area contributed by atoms with Gasteiger partial charge in [0.25, 0.3) is 5.69 Å². The van der Waals surface area contributed by atoms with Gasteiger partial charge in [-0.05, 0) is 17.7 Å². The maximum Gasteiger partial charge on any atom is 0.345 e. The minimum absolute atomic E-state index is 0.0587. The van der Waals surface area contributed by atoms with Crippen LogP contribution in [0.1, 0.15) is 21.7 Å². The number of rotatable bonds is 5. The lowest BCUT2D eigenvalue weighted by molar-refractivity contribution is -0.384. The number of nitrogens with zero attached hydrogens (tertiary/aromatic N) is 1. The number of esters is 1. The monoisotopic (exact) mass is 369 g/mol.